The molecule has 25 heavy (non-hydrogen) atoms. The van der Waals surface area contributed by atoms with Crippen LogP contribution in [0.3, 0.4) is 0 Å². The van der Waals surface area contributed by atoms with Crippen LogP contribution in [0.2, 0.25) is 0 Å². The summed E-state index contributed by atoms with van der Waals surface area (Å²) >= 11 is 0. The summed E-state index contributed by atoms with van der Waals surface area (Å²) in [6.07, 6.45) is 1.85. The Bertz CT molecular complexity index is 802. The lowest BCUT2D eigenvalue weighted by Crippen LogP contribution is -2.19. The molecule has 0 unspecified atom stereocenters. The van der Waals surface area contributed by atoms with Crippen LogP contribution in [-0.2, 0) is 6.42 Å². The van der Waals surface area contributed by atoms with Gasteiger partial charge >= 0.3 is 0 Å². The fourth-order valence-corrected chi connectivity index (χ4v) is 2.28. The first-order valence-electron chi connectivity index (χ1n) is 7.89. The summed E-state index contributed by atoms with van der Waals surface area (Å²) in [4.78, 5) is 18.7. The average Bonchev–Trinajstić information content (AvgIpc) is 2.59. The Kier molecular flexibility index (Phi) is 6.53. The third kappa shape index (κ3) is 4.80. The minimum Gasteiger partial charge on any atom is -0.493 e. The Labute approximate surface area is 145 Å². The van der Waals surface area contributed by atoms with Gasteiger partial charge in [-0.15, -0.1) is 0 Å². The van der Waals surface area contributed by atoms with Gasteiger partial charge < -0.3 is 14.6 Å². The third-order valence-corrected chi connectivity index (χ3v) is 3.46. The minimum absolute atomic E-state index is 0.101. The summed E-state index contributed by atoms with van der Waals surface area (Å²) in [6.45, 7) is 4.07. The molecule has 0 saturated carbocycles. The van der Waals surface area contributed by atoms with E-state index in [1.54, 1.807) is 32.4 Å². The fourth-order valence-electron chi connectivity index (χ4n) is 2.28. The zero-order valence-electron chi connectivity index (χ0n) is 14.5. The summed E-state index contributed by atoms with van der Waals surface area (Å²) < 4.78 is 10.7. The van der Waals surface area contributed by atoms with Crippen molar-refractivity contribution in [2.75, 3.05) is 25.7 Å². The Morgan fingerprint density at radius 1 is 1.40 bits per heavy atom. The van der Waals surface area contributed by atoms with Gasteiger partial charge in [0, 0.05) is 18.6 Å². The molecule has 0 radical (unpaired) electrons. The van der Waals surface area contributed by atoms with E-state index in [-0.39, 0.29) is 24.5 Å². The van der Waals surface area contributed by atoms with Crippen LogP contribution < -0.4 is 20.5 Å². The maximum atomic E-state index is 11.9. The lowest BCUT2D eigenvalue weighted by atomic mass is 10.2. The van der Waals surface area contributed by atoms with Crippen LogP contribution in [0.25, 0.3) is 0 Å². The number of benzene rings is 1. The van der Waals surface area contributed by atoms with Crippen LogP contribution in [0.1, 0.15) is 23.7 Å². The number of nitrogens with zero attached hydrogens (tertiary/aromatic N) is 2. The topological polar surface area (TPSA) is 109 Å². The Hall–Kier alpha value is -2.87. The van der Waals surface area contributed by atoms with Gasteiger partial charge in [0.15, 0.2) is 11.5 Å². The molecule has 0 saturated heterocycles. The highest BCUT2D eigenvalue weighted by Crippen LogP contribution is 2.27. The fraction of sp³-hybridized carbons (Fsp3) is 0.353. The Morgan fingerprint density at radius 3 is 2.84 bits per heavy atom. The molecular weight excluding hydrogens is 324 g/mol. The van der Waals surface area contributed by atoms with Gasteiger partial charge in [-0.05, 0) is 37.6 Å². The highest BCUT2D eigenvalue weighted by Gasteiger charge is 2.07. The van der Waals surface area contributed by atoms with Gasteiger partial charge in [0.05, 0.1) is 25.6 Å². The molecule has 0 aliphatic heterocycles. The van der Waals surface area contributed by atoms with E-state index in [0.717, 1.165) is 5.56 Å². The number of ether oxygens (including phenoxy) is 2. The average molecular weight is 346 g/mol. The number of aliphatic hydroxyl groups excluding tert-OH is 1. The van der Waals surface area contributed by atoms with Crippen molar-refractivity contribution in [2.45, 2.75) is 20.3 Å². The first kappa shape index (κ1) is 18.5. The number of hydrazone groups is 1. The number of anilines is 1. The smallest absolute Gasteiger partial charge is 0.255 e. The van der Waals surface area contributed by atoms with Gasteiger partial charge in [0.25, 0.3) is 5.56 Å². The van der Waals surface area contributed by atoms with E-state index in [2.05, 4.69) is 20.5 Å². The number of methoxy groups -OCH3 is 1. The largest absolute Gasteiger partial charge is 0.493 e. The molecule has 1 aromatic heterocycles. The van der Waals surface area contributed by atoms with E-state index in [4.69, 9.17) is 14.6 Å². The molecule has 2 rings (SSSR count). The third-order valence-electron chi connectivity index (χ3n) is 3.46. The zero-order valence-corrected chi connectivity index (χ0v) is 14.5. The first-order chi connectivity index (χ1) is 12.1. The molecule has 0 aliphatic rings. The minimum atomic E-state index is -0.290. The van der Waals surface area contributed by atoms with Gasteiger partial charge in [-0.2, -0.15) is 5.10 Å². The number of aryl methyl sites for hydroxylation is 1. The first-order valence-corrected chi connectivity index (χ1v) is 7.89. The molecule has 1 aromatic carbocycles. The van der Waals surface area contributed by atoms with Crippen molar-refractivity contribution < 1.29 is 14.6 Å². The molecule has 0 fully saturated rings. The predicted molar refractivity (Wildman–Crippen MR) is 95.8 cm³/mol. The van der Waals surface area contributed by atoms with Gasteiger partial charge in [-0.25, -0.2) is 10.4 Å². The van der Waals surface area contributed by atoms with E-state index in [1.807, 2.05) is 13.0 Å². The number of hydrogen-bond donors (Lipinski definition) is 3. The number of nitrogens with one attached hydrogen (secondary N) is 2. The number of aromatic nitrogens is 2. The molecule has 8 heteroatoms. The monoisotopic (exact) mass is 346 g/mol. The molecule has 0 atom stereocenters. The van der Waals surface area contributed by atoms with Gasteiger partial charge in [0.2, 0.25) is 5.95 Å². The zero-order chi connectivity index (χ0) is 18.2. The molecule has 2 aromatic rings. The molecule has 0 amide bonds. The van der Waals surface area contributed by atoms with Gasteiger partial charge in [0.1, 0.15) is 0 Å². The van der Waals surface area contributed by atoms with Crippen LogP contribution in [0.4, 0.5) is 5.95 Å². The lowest BCUT2D eigenvalue weighted by Gasteiger charge is -2.09. The van der Waals surface area contributed by atoms with E-state index >= 15 is 0 Å². The van der Waals surface area contributed by atoms with E-state index in [9.17, 15) is 4.79 Å². The van der Waals surface area contributed by atoms with Crippen molar-refractivity contribution in [1.29, 1.82) is 0 Å². The van der Waals surface area contributed by atoms with Gasteiger partial charge in [-0.3, -0.25) is 9.78 Å². The van der Waals surface area contributed by atoms with E-state index in [0.29, 0.717) is 29.4 Å². The maximum absolute atomic E-state index is 11.9. The SMILES string of the molecule is CCOc1ccc(/C=N\Nc2nc(C)c(CCO)c(=O)[nH]2)cc1OC. The van der Waals surface area contributed by atoms with Crippen molar-refractivity contribution in [3.63, 3.8) is 0 Å². The molecule has 134 valence electrons. The number of aromatic amines is 1. The predicted octanol–water partition coefficient (Wildman–Crippen LogP) is 1.47. The Balaban J connectivity index is 2.12. The normalized spacial score (nSPS) is 10.9. The molecule has 0 aliphatic carbocycles. The summed E-state index contributed by atoms with van der Waals surface area (Å²) in [5.74, 6) is 1.51. The summed E-state index contributed by atoms with van der Waals surface area (Å²) in [5, 5.41) is 13.0. The second kappa shape index (κ2) is 8.84. The summed E-state index contributed by atoms with van der Waals surface area (Å²) in [5.41, 5.74) is 4.21. The van der Waals surface area contributed by atoms with E-state index in [1.165, 1.54) is 0 Å². The molecule has 0 bridgehead atoms. The van der Waals surface area contributed by atoms with Crippen LogP contribution in [0, 0.1) is 6.92 Å². The van der Waals surface area contributed by atoms with Crippen molar-refractivity contribution in [3.05, 3.63) is 45.4 Å². The highest BCUT2D eigenvalue weighted by atomic mass is 16.5. The van der Waals surface area contributed by atoms with Crippen molar-refractivity contribution in [2.24, 2.45) is 5.10 Å². The lowest BCUT2D eigenvalue weighted by molar-refractivity contribution is 0.298. The number of rotatable bonds is 8. The van der Waals surface area contributed by atoms with Crippen LogP contribution in [-0.4, -0.2) is 41.6 Å². The van der Waals surface area contributed by atoms with Crippen LogP contribution >= 0.6 is 0 Å². The quantitative estimate of drug-likeness (QED) is 0.493. The van der Waals surface area contributed by atoms with E-state index < -0.39 is 0 Å². The second-order valence-electron chi connectivity index (χ2n) is 5.17. The van der Waals surface area contributed by atoms with Gasteiger partial charge in [-0.1, -0.05) is 0 Å². The Morgan fingerprint density at radius 2 is 2.20 bits per heavy atom. The summed E-state index contributed by atoms with van der Waals surface area (Å²) in [6, 6.07) is 5.43. The number of aliphatic hydroxyl groups is 1. The second-order valence-corrected chi connectivity index (χ2v) is 5.17. The molecule has 0 spiro atoms. The summed E-state index contributed by atoms with van der Waals surface area (Å²) in [7, 11) is 1.57. The number of hydrogen-bond acceptors (Lipinski definition) is 7. The van der Waals surface area contributed by atoms with Crippen LogP contribution in [0.15, 0.2) is 28.1 Å². The van der Waals surface area contributed by atoms with Crippen LogP contribution in [0.5, 0.6) is 11.5 Å². The molecule has 8 nitrogen and oxygen atoms in total. The highest BCUT2D eigenvalue weighted by molar-refractivity contribution is 5.81. The molecular formula is C17H22N4O4. The van der Waals surface area contributed by atoms with Crippen molar-refractivity contribution in [3.8, 4) is 11.5 Å². The maximum Gasteiger partial charge on any atom is 0.255 e. The number of H-pyrrole nitrogens is 1. The standard InChI is InChI=1S/C17H22N4O4/c1-4-25-14-6-5-12(9-15(14)24-3)10-18-21-17-19-11(2)13(7-8-22)16(23)20-17/h5-6,9-10,22H,4,7-8H2,1-3H3,(H2,19,20,21,23)/b18-10-. The van der Waals surface area contributed by atoms with Crippen molar-refractivity contribution >= 4 is 12.2 Å². The molecule has 1 heterocycles. The van der Waals surface area contributed by atoms with Crippen molar-refractivity contribution in [1.82, 2.24) is 9.97 Å². The molecule has 3 N–H and O–H groups in total.